The number of amides is 1. The molecule has 98 valence electrons. The predicted octanol–water partition coefficient (Wildman–Crippen LogP) is 1.05. The fourth-order valence-corrected chi connectivity index (χ4v) is 3.25. The van der Waals surface area contributed by atoms with Crippen LogP contribution < -0.4 is 5.73 Å². The lowest BCUT2D eigenvalue weighted by Crippen LogP contribution is -2.51. The molecule has 1 aliphatic carbocycles. The lowest BCUT2D eigenvalue weighted by atomic mass is 10.2. The van der Waals surface area contributed by atoms with Gasteiger partial charge >= 0.3 is 0 Å². The summed E-state index contributed by atoms with van der Waals surface area (Å²) in [7, 11) is 0. The molecule has 1 amide bonds. The molecule has 1 atom stereocenters. The van der Waals surface area contributed by atoms with Crippen molar-refractivity contribution in [3.63, 3.8) is 0 Å². The number of thiophene rings is 1. The highest BCUT2D eigenvalue weighted by Crippen LogP contribution is 2.28. The van der Waals surface area contributed by atoms with Crippen molar-refractivity contribution >= 4 is 17.2 Å². The second-order valence-electron chi connectivity index (χ2n) is 5.09. The first-order chi connectivity index (χ1) is 8.75. The molecule has 5 heteroatoms. The van der Waals surface area contributed by atoms with Crippen molar-refractivity contribution in [3.05, 3.63) is 22.4 Å². The number of carbonyl (C=O) groups excluding carboxylic acids is 1. The van der Waals surface area contributed by atoms with Crippen LogP contribution in [0.25, 0.3) is 0 Å². The summed E-state index contributed by atoms with van der Waals surface area (Å²) >= 11 is 1.56. The summed E-state index contributed by atoms with van der Waals surface area (Å²) in [5.74, 6) is 0.0768. The molecule has 1 aliphatic heterocycles. The van der Waals surface area contributed by atoms with Gasteiger partial charge in [-0.05, 0) is 24.3 Å². The van der Waals surface area contributed by atoms with Crippen LogP contribution in [0.3, 0.4) is 0 Å². The maximum Gasteiger partial charge on any atom is 0.245 e. The van der Waals surface area contributed by atoms with E-state index in [1.165, 1.54) is 12.8 Å². The third-order valence-corrected chi connectivity index (χ3v) is 4.76. The van der Waals surface area contributed by atoms with E-state index in [-0.39, 0.29) is 5.91 Å². The lowest BCUT2D eigenvalue weighted by Gasteiger charge is -2.35. The van der Waals surface area contributed by atoms with Gasteiger partial charge in [0.15, 0.2) is 0 Å². The maximum atomic E-state index is 12.3. The standard InChI is InChI=1S/C13H19N3OS/c14-12(11-2-1-9-18-11)13(17)16-7-5-15(6-8-16)10-3-4-10/h1-2,9-10,12H,3-8,14H2. The number of hydrogen-bond acceptors (Lipinski definition) is 4. The van der Waals surface area contributed by atoms with E-state index in [2.05, 4.69) is 4.90 Å². The summed E-state index contributed by atoms with van der Waals surface area (Å²) < 4.78 is 0. The lowest BCUT2D eigenvalue weighted by molar-refractivity contribution is -0.134. The van der Waals surface area contributed by atoms with E-state index < -0.39 is 6.04 Å². The first-order valence-corrected chi connectivity index (χ1v) is 7.45. The zero-order valence-corrected chi connectivity index (χ0v) is 11.2. The third kappa shape index (κ3) is 2.43. The van der Waals surface area contributed by atoms with Gasteiger partial charge in [0, 0.05) is 37.1 Å². The summed E-state index contributed by atoms with van der Waals surface area (Å²) in [6.07, 6.45) is 2.67. The van der Waals surface area contributed by atoms with Crippen LogP contribution >= 0.6 is 11.3 Å². The van der Waals surface area contributed by atoms with E-state index in [9.17, 15) is 4.79 Å². The Hall–Kier alpha value is -0.910. The number of nitrogens with zero attached hydrogens (tertiary/aromatic N) is 2. The van der Waals surface area contributed by atoms with E-state index >= 15 is 0 Å². The molecule has 1 saturated carbocycles. The highest BCUT2D eigenvalue weighted by molar-refractivity contribution is 7.10. The minimum absolute atomic E-state index is 0.0768. The summed E-state index contributed by atoms with van der Waals surface area (Å²) in [6.45, 7) is 3.67. The van der Waals surface area contributed by atoms with E-state index in [1.54, 1.807) is 11.3 Å². The van der Waals surface area contributed by atoms with Crippen LogP contribution in [0.2, 0.25) is 0 Å². The van der Waals surface area contributed by atoms with E-state index in [0.29, 0.717) is 0 Å². The molecular weight excluding hydrogens is 246 g/mol. The van der Waals surface area contributed by atoms with Crippen molar-refractivity contribution < 1.29 is 4.79 Å². The molecule has 18 heavy (non-hydrogen) atoms. The van der Waals surface area contributed by atoms with Crippen LogP contribution in [0.4, 0.5) is 0 Å². The minimum atomic E-state index is -0.475. The molecule has 0 bridgehead atoms. The molecule has 1 saturated heterocycles. The second kappa shape index (κ2) is 4.99. The summed E-state index contributed by atoms with van der Waals surface area (Å²) in [4.78, 5) is 17.7. The number of rotatable bonds is 3. The molecule has 3 rings (SSSR count). The zero-order chi connectivity index (χ0) is 12.5. The van der Waals surface area contributed by atoms with E-state index in [4.69, 9.17) is 5.73 Å². The molecule has 0 radical (unpaired) electrons. The van der Waals surface area contributed by atoms with Crippen molar-refractivity contribution in [1.29, 1.82) is 0 Å². The Morgan fingerprint density at radius 3 is 2.61 bits per heavy atom. The Labute approximate surface area is 111 Å². The summed E-state index contributed by atoms with van der Waals surface area (Å²) in [5, 5.41) is 1.97. The first-order valence-electron chi connectivity index (χ1n) is 6.57. The van der Waals surface area contributed by atoms with Gasteiger partial charge in [-0.1, -0.05) is 6.07 Å². The van der Waals surface area contributed by atoms with Crippen LogP contribution in [0, 0.1) is 0 Å². The van der Waals surface area contributed by atoms with Gasteiger partial charge in [-0.2, -0.15) is 0 Å². The monoisotopic (exact) mass is 265 g/mol. The van der Waals surface area contributed by atoms with Gasteiger partial charge in [0.05, 0.1) is 0 Å². The van der Waals surface area contributed by atoms with Crippen LogP contribution in [0.15, 0.2) is 17.5 Å². The molecule has 2 aliphatic rings. The average molecular weight is 265 g/mol. The van der Waals surface area contributed by atoms with Gasteiger partial charge in [0.2, 0.25) is 5.91 Å². The molecule has 2 heterocycles. The highest BCUT2D eigenvalue weighted by Gasteiger charge is 2.33. The number of nitrogens with two attached hydrogens (primary N) is 1. The minimum Gasteiger partial charge on any atom is -0.338 e. The Morgan fingerprint density at radius 2 is 2.06 bits per heavy atom. The van der Waals surface area contributed by atoms with Gasteiger partial charge in [0.1, 0.15) is 6.04 Å². The second-order valence-corrected chi connectivity index (χ2v) is 6.06. The Bertz CT molecular complexity index is 408. The fourth-order valence-electron chi connectivity index (χ4n) is 2.53. The largest absolute Gasteiger partial charge is 0.338 e. The topological polar surface area (TPSA) is 49.6 Å². The quantitative estimate of drug-likeness (QED) is 0.889. The van der Waals surface area contributed by atoms with Crippen molar-refractivity contribution in [3.8, 4) is 0 Å². The van der Waals surface area contributed by atoms with Crippen LogP contribution in [-0.2, 0) is 4.79 Å². The highest BCUT2D eigenvalue weighted by atomic mass is 32.1. The maximum absolute atomic E-state index is 12.3. The summed E-state index contributed by atoms with van der Waals surface area (Å²) in [5.41, 5.74) is 6.03. The van der Waals surface area contributed by atoms with Gasteiger partial charge in [0.25, 0.3) is 0 Å². The van der Waals surface area contributed by atoms with Gasteiger partial charge < -0.3 is 10.6 Å². The van der Waals surface area contributed by atoms with Crippen LogP contribution in [0.5, 0.6) is 0 Å². The molecule has 2 fully saturated rings. The predicted molar refractivity (Wildman–Crippen MR) is 72.4 cm³/mol. The van der Waals surface area contributed by atoms with Crippen LogP contribution in [0.1, 0.15) is 23.8 Å². The Kier molecular flexibility index (Phi) is 3.37. The van der Waals surface area contributed by atoms with Gasteiger partial charge in [-0.25, -0.2) is 0 Å². The normalized spacial score (nSPS) is 23.1. The molecule has 0 spiro atoms. The molecule has 0 aromatic carbocycles. The van der Waals surface area contributed by atoms with E-state index in [1.807, 2.05) is 22.4 Å². The average Bonchev–Trinajstić information content (AvgIpc) is 3.12. The number of piperazine rings is 1. The number of hydrogen-bond donors (Lipinski definition) is 1. The van der Waals surface area contributed by atoms with Gasteiger partial charge in [-0.15, -0.1) is 11.3 Å². The molecule has 1 aromatic rings. The summed E-state index contributed by atoms with van der Waals surface area (Å²) in [6, 6.07) is 4.21. The Morgan fingerprint density at radius 1 is 1.33 bits per heavy atom. The van der Waals surface area contributed by atoms with Crippen molar-refractivity contribution in [2.75, 3.05) is 26.2 Å². The van der Waals surface area contributed by atoms with Crippen molar-refractivity contribution in [2.45, 2.75) is 24.9 Å². The SMILES string of the molecule is NC(C(=O)N1CCN(C2CC2)CC1)c1cccs1. The molecule has 4 nitrogen and oxygen atoms in total. The molecular formula is C13H19N3OS. The molecule has 1 aromatic heterocycles. The van der Waals surface area contributed by atoms with Crippen molar-refractivity contribution in [2.24, 2.45) is 5.73 Å². The fraction of sp³-hybridized carbons (Fsp3) is 0.615. The van der Waals surface area contributed by atoms with E-state index in [0.717, 1.165) is 37.1 Å². The Balaban J connectivity index is 1.56. The zero-order valence-electron chi connectivity index (χ0n) is 10.4. The van der Waals surface area contributed by atoms with Crippen LogP contribution in [-0.4, -0.2) is 47.9 Å². The third-order valence-electron chi connectivity index (χ3n) is 3.80. The van der Waals surface area contributed by atoms with Crippen molar-refractivity contribution in [1.82, 2.24) is 9.80 Å². The number of carbonyl (C=O) groups is 1. The first kappa shape index (κ1) is 12.1. The molecule has 2 N–H and O–H groups in total. The van der Waals surface area contributed by atoms with Gasteiger partial charge in [-0.3, -0.25) is 9.69 Å². The smallest absolute Gasteiger partial charge is 0.245 e. The molecule has 1 unspecified atom stereocenters.